The number of rotatable bonds is 3. The molecule has 4 heterocycles. The molecular formula is C28H36O10. The van der Waals surface area contributed by atoms with Gasteiger partial charge in [0.25, 0.3) is 5.97 Å². The lowest BCUT2D eigenvalue weighted by molar-refractivity contribution is -0.410. The van der Waals surface area contributed by atoms with Crippen molar-refractivity contribution in [1.82, 2.24) is 0 Å². The van der Waals surface area contributed by atoms with Crippen LogP contribution in [0.1, 0.15) is 74.5 Å². The Labute approximate surface area is 221 Å². The maximum absolute atomic E-state index is 12.7. The molecule has 1 saturated carbocycles. The summed E-state index contributed by atoms with van der Waals surface area (Å²) < 4.78 is 42.9. The van der Waals surface area contributed by atoms with Crippen LogP contribution in [0.4, 0.5) is 0 Å². The number of aliphatic hydroxyl groups excluding tert-OH is 1. The van der Waals surface area contributed by atoms with Crippen LogP contribution >= 0.6 is 0 Å². The highest BCUT2D eigenvalue weighted by Crippen LogP contribution is 2.71. The van der Waals surface area contributed by atoms with Gasteiger partial charge in [-0.15, -0.1) is 0 Å². The van der Waals surface area contributed by atoms with E-state index in [0.29, 0.717) is 23.5 Å². The third-order valence-electron chi connectivity index (χ3n) is 10.0. The number of benzene rings is 1. The predicted molar refractivity (Wildman–Crippen MR) is 131 cm³/mol. The van der Waals surface area contributed by atoms with Gasteiger partial charge in [-0.25, -0.2) is 4.79 Å². The molecular weight excluding hydrogens is 496 g/mol. The molecule has 0 unspecified atom stereocenters. The third kappa shape index (κ3) is 2.82. The largest absolute Gasteiger partial charge is 0.495 e. The SMILES string of the molecule is COc1c2c(c(C)c3c1C(=O)OC3)O[C@]1(C)C[C@H](O)[C@@]34O[C@@](OC)(C[C@H](OC(C)=O)[C@@]3(C)[C@@H]1C2)OC4(C)C. The highest BCUT2D eigenvalue weighted by atomic mass is 16.9. The standard InChI is InChI=1S/C28H36O10/c1-13-16-12-34-23(31)20(16)22(32-7)15-9-17-25(5,36-21(13)15)10-18(30)28-24(3,4)37-27(33-8,38-28)11-19(26(17,28)6)35-14(2)29/h17-19,30H,9-12H2,1-8H3/t17-,18+,19+,25-,26-,27-,28+/m1/s1. The molecule has 0 amide bonds. The lowest BCUT2D eigenvalue weighted by Crippen LogP contribution is -2.80. The summed E-state index contributed by atoms with van der Waals surface area (Å²) in [6, 6.07) is 0. The van der Waals surface area contributed by atoms with Gasteiger partial charge < -0.3 is 38.3 Å². The van der Waals surface area contributed by atoms with Crippen molar-refractivity contribution < 1.29 is 47.9 Å². The van der Waals surface area contributed by atoms with E-state index in [2.05, 4.69) is 0 Å². The quantitative estimate of drug-likeness (QED) is 0.582. The minimum Gasteiger partial charge on any atom is -0.495 e. The van der Waals surface area contributed by atoms with E-state index in [4.69, 9.17) is 33.2 Å². The van der Waals surface area contributed by atoms with E-state index >= 15 is 0 Å². The average molecular weight is 533 g/mol. The Bertz CT molecular complexity index is 1260. The maximum Gasteiger partial charge on any atom is 0.342 e. The van der Waals surface area contributed by atoms with E-state index in [0.717, 1.165) is 16.7 Å². The van der Waals surface area contributed by atoms with E-state index in [-0.39, 0.29) is 25.4 Å². The van der Waals surface area contributed by atoms with E-state index in [1.807, 2.05) is 34.6 Å². The Morgan fingerprint density at radius 2 is 1.79 bits per heavy atom. The molecule has 1 spiro atoms. The van der Waals surface area contributed by atoms with Crippen molar-refractivity contribution >= 4 is 11.9 Å². The Hall–Kier alpha value is -2.40. The van der Waals surface area contributed by atoms with Crippen LogP contribution in [-0.4, -0.2) is 66.2 Å². The van der Waals surface area contributed by atoms with Gasteiger partial charge >= 0.3 is 11.9 Å². The summed E-state index contributed by atoms with van der Waals surface area (Å²) in [6.07, 6.45) is -0.990. The molecule has 1 aromatic carbocycles. The van der Waals surface area contributed by atoms with E-state index in [9.17, 15) is 14.7 Å². The molecule has 7 atom stereocenters. The summed E-state index contributed by atoms with van der Waals surface area (Å²) in [5, 5.41) is 12.0. The minimum absolute atomic E-state index is 0.115. The van der Waals surface area contributed by atoms with Crippen molar-refractivity contribution in [2.45, 2.75) is 102 Å². The molecule has 1 N–H and O–H groups in total. The average Bonchev–Trinajstić information content (AvgIpc) is 3.31. The van der Waals surface area contributed by atoms with E-state index < -0.39 is 52.3 Å². The third-order valence-corrected chi connectivity index (χ3v) is 10.0. The zero-order valence-corrected chi connectivity index (χ0v) is 23.2. The van der Waals surface area contributed by atoms with Gasteiger partial charge in [-0.05, 0) is 39.7 Å². The maximum atomic E-state index is 12.7. The number of fused-ring (bicyclic) bond motifs is 5. The Balaban J connectivity index is 1.60. The molecule has 2 saturated heterocycles. The fraction of sp³-hybridized carbons (Fsp3) is 0.714. The molecule has 6 rings (SSSR count). The molecule has 5 aliphatic rings. The Morgan fingerprint density at radius 1 is 1.08 bits per heavy atom. The second-order valence-corrected chi connectivity index (χ2v) is 12.2. The second kappa shape index (κ2) is 7.62. The van der Waals surface area contributed by atoms with Crippen LogP contribution in [0.5, 0.6) is 11.5 Å². The van der Waals surface area contributed by atoms with Crippen molar-refractivity contribution in [3.8, 4) is 11.5 Å². The normalized spacial score (nSPS) is 41.7. The number of methoxy groups -OCH3 is 2. The second-order valence-electron chi connectivity index (χ2n) is 12.2. The monoisotopic (exact) mass is 532 g/mol. The number of ether oxygens (including phenoxy) is 7. The van der Waals surface area contributed by atoms with Gasteiger partial charge in [0.2, 0.25) is 0 Å². The smallest absolute Gasteiger partial charge is 0.342 e. The zero-order chi connectivity index (χ0) is 27.6. The fourth-order valence-corrected chi connectivity index (χ4v) is 8.60. The molecule has 1 aromatic rings. The van der Waals surface area contributed by atoms with Gasteiger partial charge in [0.05, 0.1) is 19.6 Å². The summed E-state index contributed by atoms with van der Waals surface area (Å²) >= 11 is 0. The van der Waals surface area contributed by atoms with Crippen LogP contribution in [0.3, 0.4) is 0 Å². The fourth-order valence-electron chi connectivity index (χ4n) is 8.60. The Morgan fingerprint density at radius 3 is 2.42 bits per heavy atom. The first-order valence-electron chi connectivity index (χ1n) is 13.1. The highest BCUT2D eigenvalue weighted by molar-refractivity contribution is 5.98. The Kier molecular flexibility index (Phi) is 5.18. The molecule has 208 valence electrons. The van der Waals surface area contributed by atoms with Gasteiger partial charge in [-0.3, -0.25) is 4.79 Å². The number of esters is 2. The number of cyclic esters (lactones) is 1. The van der Waals surface area contributed by atoms with Gasteiger partial charge in [-0.2, -0.15) is 0 Å². The van der Waals surface area contributed by atoms with Crippen molar-refractivity contribution in [2.24, 2.45) is 11.3 Å². The number of carbonyl (C=O) groups excluding carboxylic acids is 2. The summed E-state index contributed by atoms with van der Waals surface area (Å²) in [7, 11) is 3.01. The van der Waals surface area contributed by atoms with Crippen molar-refractivity contribution in [3.05, 3.63) is 22.3 Å². The molecule has 0 radical (unpaired) electrons. The summed E-state index contributed by atoms with van der Waals surface area (Å²) in [4.78, 5) is 25.1. The van der Waals surface area contributed by atoms with Crippen LogP contribution in [0, 0.1) is 18.3 Å². The van der Waals surface area contributed by atoms with Crippen LogP contribution in [0.2, 0.25) is 0 Å². The van der Waals surface area contributed by atoms with Crippen molar-refractivity contribution in [1.29, 1.82) is 0 Å². The highest BCUT2D eigenvalue weighted by Gasteiger charge is 2.84. The first-order chi connectivity index (χ1) is 17.7. The molecule has 2 bridgehead atoms. The molecule has 4 aliphatic heterocycles. The van der Waals surface area contributed by atoms with E-state index in [1.165, 1.54) is 21.1 Å². The van der Waals surface area contributed by atoms with Crippen LogP contribution < -0.4 is 9.47 Å². The van der Waals surface area contributed by atoms with Crippen molar-refractivity contribution in [3.63, 3.8) is 0 Å². The number of carbonyl (C=O) groups is 2. The van der Waals surface area contributed by atoms with Crippen molar-refractivity contribution in [2.75, 3.05) is 14.2 Å². The molecule has 1 aliphatic carbocycles. The summed E-state index contributed by atoms with van der Waals surface area (Å²) in [6.45, 7) is 11.1. The summed E-state index contributed by atoms with van der Waals surface area (Å²) in [5.41, 5.74) is -1.45. The molecule has 38 heavy (non-hydrogen) atoms. The lowest BCUT2D eigenvalue weighted by Gasteiger charge is -2.67. The van der Waals surface area contributed by atoms with Gasteiger partial charge in [0, 0.05) is 42.9 Å². The van der Waals surface area contributed by atoms with Crippen LogP contribution in [0.25, 0.3) is 0 Å². The molecule has 10 nitrogen and oxygen atoms in total. The first kappa shape index (κ1) is 25.9. The minimum atomic E-state index is -1.48. The number of hydrogen-bond donors (Lipinski definition) is 1. The molecule has 0 aromatic heterocycles. The van der Waals surface area contributed by atoms with Gasteiger partial charge in [0.1, 0.15) is 46.6 Å². The first-order valence-corrected chi connectivity index (χ1v) is 13.1. The lowest BCUT2D eigenvalue weighted by atomic mass is 9.45. The molecule has 3 fully saturated rings. The summed E-state index contributed by atoms with van der Waals surface area (Å²) in [5.74, 6) is -1.63. The molecule has 10 heteroatoms. The van der Waals surface area contributed by atoms with Crippen LogP contribution in [-0.2, 0) is 41.5 Å². The van der Waals surface area contributed by atoms with Gasteiger partial charge in [-0.1, -0.05) is 6.92 Å². The van der Waals surface area contributed by atoms with Crippen LogP contribution in [0.15, 0.2) is 0 Å². The topological polar surface area (TPSA) is 119 Å². The number of aliphatic hydroxyl groups is 1. The predicted octanol–water partition coefficient (Wildman–Crippen LogP) is 2.95. The zero-order valence-electron chi connectivity index (χ0n) is 23.2. The van der Waals surface area contributed by atoms with E-state index in [1.54, 1.807) is 0 Å². The van der Waals surface area contributed by atoms with Gasteiger partial charge in [0.15, 0.2) is 0 Å². The number of hydrogen-bond acceptors (Lipinski definition) is 10.